The van der Waals surface area contributed by atoms with Crippen LogP contribution in [0.2, 0.25) is 0 Å². The summed E-state index contributed by atoms with van der Waals surface area (Å²) in [6, 6.07) is 21.2. The average molecular weight is 286 g/mol. The van der Waals surface area contributed by atoms with E-state index in [-0.39, 0.29) is 0 Å². The van der Waals surface area contributed by atoms with Gasteiger partial charge < -0.3 is 0 Å². The van der Waals surface area contributed by atoms with Gasteiger partial charge in [0.2, 0.25) is 0 Å². The van der Waals surface area contributed by atoms with Crippen molar-refractivity contribution in [2.45, 2.75) is 0 Å². The van der Waals surface area contributed by atoms with Gasteiger partial charge in [-0.3, -0.25) is 9.78 Å². The predicted molar refractivity (Wildman–Crippen MR) is 88.9 cm³/mol. The number of fused-ring (bicyclic) bond motifs is 2. The van der Waals surface area contributed by atoms with Crippen LogP contribution < -0.4 is 0 Å². The molecule has 0 amide bonds. The van der Waals surface area contributed by atoms with Crippen LogP contribution in [0.1, 0.15) is 10.4 Å². The van der Waals surface area contributed by atoms with E-state index in [4.69, 9.17) is 0 Å². The average Bonchev–Trinajstić information content (AvgIpc) is 2.61. The molecule has 0 saturated carbocycles. The number of carbonyl (C=O) groups excluding carboxylic acids is 1. The lowest BCUT2D eigenvalue weighted by Crippen LogP contribution is -1.87. The number of hydrogen-bond donors (Lipinski definition) is 0. The Labute approximate surface area is 128 Å². The maximum atomic E-state index is 10.9. The number of aldehydes is 1. The second-order valence-corrected chi connectivity index (χ2v) is 4.74. The number of nitrogens with zero attached hydrogens (tertiary/aromatic N) is 2. The lowest BCUT2D eigenvalue weighted by molar-refractivity contribution is 0.112. The van der Waals surface area contributed by atoms with Gasteiger partial charge in [-0.15, -0.1) is 0 Å². The molecule has 0 aliphatic carbocycles. The number of aromatic nitrogens is 2. The van der Waals surface area contributed by atoms with E-state index in [0.717, 1.165) is 28.1 Å². The van der Waals surface area contributed by atoms with E-state index in [2.05, 4.69) is 9.97 Å². The molecule has 0 bridgehead atoms. The quantitative estimate of drug-likeness (QED) is 0.387. The first-order valence-corrected chi connectivity index (χ1v) is 6.97. The normalized spacial score (nSPS) is 10.0. The molecule has 0 unspecified atom stereocenters. The van der Waals surface area contributed by atoms with Crippen LogP contribution in [0, 0.1) is 0 Å². The zero-order valence-electron chi connectivity index (χ0n) is 11.9. The first-order chi connectivity index (χ1) is 10.9. The molecule has 2 aromatic heterocycles. The van der Waals surface area contributed by atoms with E-state index in [9.17, 15) is 4.79 Å². The van der Waals surface area contributed by atoms with E-state index in [1.807, 2.05) is 66.7 Å². The highest BCUT2D eigenvalue weighted by Gasteiger charge is 2.02. The third-order valence-electron chi connectivity index (χ3n) is 3.29. The third kappa shape index (κ3) is 2.99. The Bertz CT molecular complexity index is 878. The number of benzene rings is 2. The summed E-state index contributed by atoms with van der Waals surface area (Å²) in [6.45, 7) is 0. The summed E-state index contributed by atoms with van der Waals surface area (Å²) < 4.78 is 0. The molecule has 106 valence electrons. The minimum Gasteiger partial charge on any atom is -0.298 e. The zero-order valence-corrected chi connectivity index (χ0v) is 11.9. The van der Waals surface area contributed by atoms with Gasteiger partial charge in [0.1, 0.15) is 0 Å². The smallest absolute Gasteiger partial charge is 0.150 e. The molecule has 0 saturated heterocycles. The van der Waals surface area contributed by atoms with Gasteiger partial charge >= 0.3 is 0 Å². The summed E-state index contributed by atoms with van der Waals surface area (Å²) in [5.74, 6) is 0. The highest BCUT2D eigenvalue weighted by molar-refractivity contribution is 6.01. The minimum absolute atomic E-state index is 0.691. The van der Waals surface area contributed by atoms with Gasteiger partial charge in [0.05, 0.1) is 11.0 Å². The molecule has 0 N–H and O–H groups in total. The van der Waals surface area contributed by atoms with Crippen LogP contribution in [0.15, 0.2) is 79.1 Å². The Hall–Kier alpha value is -3.07. The second-order valence-electron chi connectivity index (χ2n) is 4.74. The zero-order chi connectivity index (χ0) is 15.2. The molecule has 0 fully saturated rings. The Balaban J connectivity index is 0.000000202. The number of para-hydroxylation sites is 1. The van der Waals surface area contributed by atoms with Gasteiger partial charge in [-0.25, -0.2) is 4.98 Å². The van der Waals surface area contributed by atoms with Crippen LogP contribution in [0.25, 0.3) is 21.8 Å². The summed E-state index contributed by atoms with van der Waals surface area (Å²) in [6.07, 6.45) is 4.37. The van der Waals surface area contributed by atoms with Crippen molar-refractivity contribution in [3.05, 3.63) is 84.7 Å². The van der Waals surface area contributed by atoms with Gasteiger partial charge in [0.15, 0.2) is 6.29 Å². The van der Waals surface area contributed by atoms with Gasteiger partial charge in [-0.2, -0.15) is 0 Å². The van der Waals surface area contributed by atoms with E-state index in [1.165, 1.54) is 0 Å². The molecule has 2 heterocycles. The molecule has 0 aliphatic rings. The monoisotopic (exact) mass is 286 g/mol. The van der Waals surface area contributed by atoms with Crippen molar-refractivity contribution in [2.24, 2.45) is 0 Å². The van der Waals surface area contributed by atoms with Crippen LogP contribution >= 0.6 is 0 Å². The van der Waals surface area contributed by atoms with Crippen molar-refractivity contribution < 1.29 is 4.79 Å². The van der Waals surface area contributed by atoms with Gasteiger partial charge in [-0.05, 0) is 30.3 Å². The van der Waals surface area contributed by atoms with E-state index in [0.29, 0.717) is 5.56 Å². The number of hydrogen-bond acceptors (Lipinski definition) is 3. The molecule has 22 heavy (non-hydrogen) atoms. The first-order valence-electron chi connectivity index (χ1n) is 6.97. The highest BCUT2D eigenvalue weighted by atomic mass is 16.1. The van der Waals surface area contributed by atoms with Gasteiger partial charge in [-0.1, -0.05) is 36.4 Å². The maximum Gasteiger partial charge on any atom is 0.150 e. The molecule has 4 rings (SSSR count). The van der Waals surface area contributed by atoms with Crippen molar-refractivity contribution in [3.63, 3.8) is 0 Å². The van der Waals surface area contributed by atoms with Crippen molar-refractivity contribution in [3.8, 4) is 0 Å². The summed E-state index contributed by atoms with van der Waals surface area (Å²) in [5, 5.41) is 1.97. The van der Waals surface area contributed by atoms with Crippen molar-refractivity contribution in [1.29, 1.82) is 0 Å². The highest BCUT2D eigenvalue weighted by Crippen LogP contribution is 2.21. The van der Waals surface area contributed by atoms with Crippen LogP contribution in [-0.2, 0) is 0 Å². The van der Waals surface area contributed by atoms with Crippen molar-refractivity contribution >= 4 is 28.1 Å². The molecular weight excluding hydrogens is 272 g/mol. The van der Waals surface area contributed by atoms with Gasteiger partial charge in [0, 0.05) is 28.7 Å². The lowest BCUT2D eigenvalue weighted by Gasteiger charge is -2.02. The van der Waals surface area contributed by atoms with Crippen LogP contribution in [-0.4, -0.2) is 16.3 Å². The molecule has 2 aromatic carbocycles. The van der Waals surface area contributed by atoms with Crippen LogP contribution in [0.4, 0.5) is 0 Å². The standard InChI is InChI=1S/C14H9NO.C5H5N/c16-9-11-5-3-7-14-12(11)8-10-4-1-2-6-13(10)15-14;1-2-4-6-5-3-1/h1-9H;1-5H. The Kier molecular flexibility index (Phi) is 4.16. The number of rotatable bonds is 1. The molecule has 0 radical (unpaired) electrons. The fraction of sp³-hybridized carbons (Fsp3) is 0. The van der Waals surface area contributed by atoms with Crippen LogP contribution in [0.3, 0.4) is 0 Å². The number of carbonyl (C=O) groups is 1. The summed E-state index contributed by atoms with van der Waals surface area (Å²) in [7, 11) is 0. The summed E-state index contributed by atoms with van der Waals surface area (Å²) in [5.41, 5.74) is 2.51. The van der Waals surface area contributed by atoms with E-state index < -0.39 is 0 Å². The van der Waals surface area contributed by atoms with Crippen molar-refractivity contribution in [1.82, 2.24) is 9.97 Å². The topological polar surface area (TPSA) is 42.9 Å². The Morgan fingerprint density at radius 3 is 2.23 bits per heavy atom. The fourth-order valence-corrected chi connectivity index (χ4v) is 2.24. The SMILES string of the molecule is O=Cc1cccc2nc3ccccc3cc12.c1ccncc1. The molecule has 0 atom stereocenters. The first kappa shape index (κ1) is 13.9. The van der Waals surface area contributed by atoms with Crippen molar-refractivity contribution in [2.75, 3.05) is 0 Å². The maximum absolute atomic E-state index is 10.9. The molecule has 4 aromatic rings. The molecule has 0 spiro atoms. The van der Waals surface area contributed by atoms with E-state index in [1.54, 1.807) is 12.4 Å². The third-order valence-corrected chi connectivity index (χ3v) is 3.29. The molecule has 0 aliphatic heterocycles. The fourth-order valence-electron chi connectivity index (χ4n) is 2.24. The Morgan fingerprint density at radius 1 is 0.773 bits per heavy atom. The lowest BCUT2D eigenvalue weighted by atomic mass is 10.1. The second kappa shape index (κ2) is 6.59. The largest absolute Gasteiger partial charge is 0.298 e. The predicted octanol–water partition coefficient (Wildman–Crippen LogP) is 4.28. The molecular formula is C19H14N2O. The summed E-state index contributed by atoms with van der Waals surface area (Å²) in [4.78, 5) is 19.2. The van der Waals surface area contributed by atoms with E-state index >= 15 is 0 Å². The number of pyridine rings is 2. The van der Waals surface area contributed by atoms with Crippen LogP contribution in [0.5, 0.6) is 0 Å². The minimum atomic E-state index is 0.691. The molecule has 3 nitrogen and oxygen atoms in total. The summed E-state index contributed by atoms with van der Waals surface area (Å²) >= 11 is 0. The molecule has 3 heteroatoms. The van der Waals surface area contributed by atoms with Gasteiger partial charge in [0.25, 0.3) is 0 Å². The Morgan fingerprint density at radius 2 is 1.55 bits per heavy atom.